The minimum Gasteiger partial charge on any atom is -0.369 e. The molecule has 0 aliphatic rings. The van der Waals surface area contributed by atoms with Gasteiger partial charge in [-0.25, -0.2) is 0 Å². The fourth-order valence-corrected chi connectivity index (χ4v) is 1.11. The predicted molar refractivity (Wildman–Crippen MR) is 66.7 cm³/mol. The second-order valence-corrected chi connectivity index (χ2v) is 4.02. The van der Waals surface area contributed by atoms with Crippen molar-refractivity contribution in [2.24, 2.45) is 27.6 Å². The van der Waals surface area contributed by atoms with Gasteiger partial charge in [0.2, 0.25) is 5.96 Å². The summed E-state index contributed by atoms with van der Waals surface area (Å²) < 4.78 is 0. The zero-order valence-corrected chi connectivity index (χ0v) is 9.90. The minimum absolute atomic E-state index is 0.00319. The molecule has 0 spiro atoms. The Morgan fingerprint density at radius 1 is 1.33 bits per heavy atom. The van der Waals surface area contributed by atoms with E-state index in [1.54, 1.807) is 6.21 Å². The highest BCUT2D eigenvalue weighted by molar-refractivity contribution is 5.76. The molecule has 0 heterocycles. The summed E-state index contributed by atoms with van der Waals surface area (Å²) in [4.78, 5) is 0. The van der Waals surface area contributed by atoms with E-state index in [4.69, 9.17) is 11.5 Å². The van der Waals surface area contributed by atoms with Gasteiger partial charge < -0.3 is 11.5 Å². The number of hydrogen-bond donors (Lipinski definition) is 2. The van der Waals surface area contributed by atoms with Crippen LogP contribution in [-0.4, -0.2) is 12.2 Å². The molecule has 1 unspecified atom stereocenters. The molecule has 0 aliphatic carbocycles. The Hall–Kier alpha value is -1.32. The molecule has 4 N–H and O–H groups in total. The van der Waals surface area contributed by atoms with Gasteiger partial charge in [-0.15, -0.1) is 5.10 Å². The number of nitrogens with two attached hydrogens (primary N) is 2. The maximum Gasteiger partial charge on any atom is 0.211 e. The molecule has 0 aromatic rings. The second kappa shape index (κ2) is 8.03. The van der Waals surface area contributed by atoms with E-state index >= 15 is 0 Å². The van der Waals surface area contributed by atoms with Crippen molar-refractivity contribution in [1.29, 1.82) is 0 Å². The van der Waals surface area contributed by atoms with Crippen LogP contribution >= 0.6 is 0 Å². The summed E-state index contributed by atoms with van der Waals surface area (Å²) in [6.07, 6.45) is 7.21. The van der Waals surface area contributed by atoms with Crippen molar-refractivity contribution in [1.82, 2.24) is 0 Å². The Morgan fingerprint density at radius 3 is 2.53 bits per heavy atom. The van der Waals surface area contributed by atoms with Gasteiger partial charge in [0.15, 0.2) is 0 Å². The van der Waals surface area contributed by atoms with Crippen LogP contribution < -0.4 is 11.5 Å². The quantitative estimate of drug-likeness (QED) is 0.304. The van der Waals surface area contributed by atoms with Crippen LogP contribution in [0.5, 0.6) is 0 Å². The fourth-order valence-electron chi connectivity index (χ4n) is 1.11. The molecule has 4 nitrogen and oxygen atoms in total. The molecule has 0 amide bonds. The zero-order valence-electron chi connectivity index (χ0n) is 9.90. The van der Waals surface area contributed by atoms with Gasteiger partial charge in [-0.1, -0.05) is 18.6 Å². The maximum atomic E-state index is 5.13. The van der Waals surface area contributed by atoms with Gasteiger partial charge in [0.05, 0.1) is 0 Å². The number of rotatable bonds is 6. The third-order valence-electron chi connectivity index (χ3n) is 1.97. The summed E-state index contributed by atoms with van der Waals surface area (Å²) in [5.74, 6) is 0.613. The average Bonchev–Trinajstić information content (AvgIpc) is 2.11. The van der Waals surface area contributed by atoms with Gasteiger partial charge in [0.1, 0.15) is 0 Å². The van der Waals surface area contributed by atoms with Crippen LogP contribution in [0.15, 0.2) is 21.9 Å². The van der Waals surface area contributed by atoms with E-state index in [9.17, 15) is 0 Å². The van der Waals surface area contributed by atoms with Gasteiger partial charge in [0.25, 0.3) is 0 Å². The van der Waals surface area contributed by atoms with E-state index in [-0.39, 0.29) is 5.96 Å². The largest absolute Gasteiger partial charge is 0.369 e. The van der Waals surface area contributed by atoms with Gasteiger partial charge in [-0.3, -0.25) is 0 Å². The number of nitrogens with zero attached hydrogens (tertiary/aromatic N) is 2. The molecule has 0 aliphatic heterocycles. The minimum atomic E-state index is 0.00319. The summed E-state index contributed by atoms with van der Waals surface area (Å²) >= 11 is 0. The van der Waals surface area contributed by atoms with Gasteiger partial charge in [-0.05, 0) is 39.0 Å². The monoisotopic (exact) mass is 210 g/mol. The van der Waals surface area contributed by atoms with Crippen LogP contribution in [0.4, 0.5) is 0 Å². The summed E-state index contributed by atoms with van der Waals surface area (Å²) in [6.45, 7) is 6.43. The van der Waals surface area contributed by atoms with E-state index in [1.807, 2.05) is 0 Å². The zero-order chi connectivity index (χ0) is 11.7. The first-order valence-electron chi connectivity index (χ1n) is 5.26. The van der Waals surface area contributed by atoms with Crippen LogP contribution in [0.1, 0.15) is 40.0 Å². The molecule has 0 saturated heterocycles. The van der Waals surface area contributed by atoms with Crippen molar-refractivity contribution in [2.45, 2.75) is 40.0 Å². The number of allylic oxidation sites excluding steroid dienone is 2. The van der Waals surface area contributed by atoms with Crippen LogP contribution in [0.2, 0.25) is 0 Å². The Balaban J connectivity index is 3.66. The van der Waals surface area contributed by atoms with Crippen LogP contribution in [0.25, 0.3) is 0 Å². The molecule has 0 radical (unpaired) electrons. The second-order valence-electron chi connectivity index (χ2n) is 4.02. The molecule has 1 atom stereocenters. The third kappa shape index (κ3) is 10.6. The number of guanidine groups is 1. The molecular formula is C11H22N4. The third-order valence-corrected chi connectivity index (χ3v) is 1.97. The highest BCUT2D eigenvalue weighted by atomic mass is 15.3. The first-order chi connectivity index (χ1) is 7.02. The summed E-state index contributed by atoms with van der Waals surface area (Å²) in [6, 6.07) is 0. The molecule has 0 bridgehead atoms. The maximum absolute atomic E-state index is 5.13. The summed E-state index contributed by atoms with van der Waals surface area (Å²) in [5.41, 5.74) is 11.6. The normalized spacial score (nSPS) is 12.5. The lowest BCUT2D eigenvalue weighted by atomic mass is 10.0. The van der Waals surface area contributed by atoms with Crippen molar-refractivity contribution in [3.8, 4) is 0 Å². The lowest BCUT2D eigenvalue weighted by Crippen LogP contribution is -2.21. The van der Waals surface area contributed by atoms with Crippen molar-refractivity contribution < 1.29 is 0 Å². The highest BCUT2D eigenvalue weighted by Crippen LogP contribution is 2.10. The Bertz CT molecular complexity index is 245. The van der Waals surface area contributed by atoms with Crippen molar-refractivity contribution >= 4 is 12.2 Å². The molecule has 86 valence electrons. The Morgan fingerprint density at radius 2 is 2.00 bits per heavy atom. The topological polar surface area (TPSA) is 76.8 Å². The standard InChI is InChI=1S/C11H22N4/c1-9(2)5-4-6-10(3)7-8-14-15-11(12)13/h5,8,10H,4,6-7H2,1-3H3,(H4,12,13,15). The molecule has 0 rings (SSSR count). The molecule has 0 aromatic heterocycles. The van der Waals surface area contributed by atoms with Gasteiger partial charge >= 0.3 is 0 Å². The van der Waals surface area contributed by atoms with E-state index < -0.39 is 0 Å². The predicted octanol–water partition coefficient (Wildman–Crippen LogP) is 2.02. The van der Waals surface area contributed by atoms with Crippen molar-refractivity contribution in [3.05, 3.63) is 11.6 Å². The lowest BCUT2D eigenvalue weighted by Gasteiger charge is -2.05. The van der Waals surface area contributed by atoms with Crippen LogP contribution in [0.3, 0.4) is 0 Å². The highest BCUT2D eigenvalue weighted by Gasteiger charge is 1.97. The first kappa shape index (κ1) is 13.7. The molecule has 0 aromatic carbocycles. The lowest BCUT2D eigenvalue weighted by molar-refractivity contribution is 0.562. The fraction of sp³-hybridized carbons (Fsp3) is 0.636. The summed E-state index contributed by atoms with van der Waals surface area (Å²) in [5, 5.41) is 7.29. The molecule has 0 fully saturated rings. The first-order valence-corrected chi connectivity index (χ1v) is 5.26. The van der Waals surface area contributed by atoms with Gasteiger partial charge in [0, 0.05) is 6.21 Å². The Kier molecular flexibility index (Phi) is 7.32. The van der Waals surface area contributed by atoms with E-state index in [0.717, 1.165) is 12.8 Å². The SMILES string of the molecule is CC(C)=CCCC(C)CC=NN=C(N)N. The van der Waals surface area contributed by atoms with E-state index in [0.29, 0.717) is 5.92 Å². The average molecular weight is 210 g/mol. The summed E-state index contributed by atoms with van der Waals surface area (Å²) in [7, 11) is 0. The van der Waals surface area contributed by atoms with E-state index in [1.165, 1.54) is 12.0 Å². The van der Waals surface area contributed by atoms with Crippen LogP contribution in [-0.2, 0) is 0 Å². The molecular weight excluding hydrogens is 188 g/mol. The molecule has 0 saturated carbocycles. The van der Waals surface area contributed by atoms with Crippen molar-refractivity contribution in [2.75, 3.05) is 0 Å². The van der Waals surface area contributed by atoms with E-state index in [2.05, 4.69) is 37.1 Å². The van der Waals surface area contributed by atoms with Crippen molar-refractivity contribution in [3.63, 3.8) is 0 Å². The number of hydrogen-bond acceptors (Lipinski definition) is 2. The molecule has 4 heteroatoms. The molecule has 15 heavy (non-hydrogen) atoms. The van der Waals surface area contributed by atoms with Gasteiger partial charge in [-0.2, -0.15) is 5.10 Å². The smallest absolute Gasteiger partial charge is 0.211 e. The van der Waals surface area contributed by atoms with Crippen LogP contribution in [0, 0.1) is 5.92 Å². The Labute approximate surface area is 92.1 Å².